The van der Waals surface area contributed by atoms with Crippen molar-refractivity contribution >= 4 is 35.0 Å². The van der Waals surface area contributed by atoms with Crippen LogP contribution in [0.25, 0.3) is 0 Å². The molecule has 1 amide bonds. The normalized spacial score (nSPS) is 17.2. The first-order chi connectivity index (χ1) is 16.5. The van der Waals surface area contributed by atoms with Crippen molar-refractivity contribution < 1.29 is 24.2 Å². The first-order valence-electron chi connectivity index (χ1n) is 11.1. The molecule has 2 aliphatic rings. The highest BCUT2D eigenvalue weighted by Gasteiger charge is 2.39. The van der Waals surface area contributed by atoms with Crippen molar-refractivity contribution in [2.75, 3.05) is 13.2 Å². The summed E-state index contributed by atoms with van der Waals surface area (Å²) in [5.74, 6) is -0.234. The second-order valence-corrected chi connectivity index (χ2v) is 9.89. The van der Waals surface area contributed by atoms with Gasteiger partial charge in [-0.3, -0.25) is 4.90 Å². The van der Waals surface area contributed by atoms with Gasteiger partial charge in [-0.25, -0.2) is 14.6 Å². The quantitative estimate of drug-likeness (QED) is 0.467. The van der Waals surface area contributed by atoms with E-state index in [2.05, 4.69) is 0 Å². The van der Waals surface area contributed by atoms with E-state index < -0.39 is 24.7 Å². The minimum atomic E-state index is -1.09. The number of amides is 1. The van der Waals surface area contributed by atoms with Gasteiger partial charge in [-0.05, 0) is 36.6 Å². The van der Waals surface area contributed by atoms with Crippen LogP contribution in [0.3, 0.4) is 0 Å². The first-order valence-corrected chi connectivity index (χ1v) is 12.3. The van der Waals surface area contributed by atoms with Gasteiger partial charge >= 0.3 is 12.1 Å². The van der Waals surface area contributed by atoms with Gasteiger partial charge in [0.05, 0.1) is 15.6 Å². The smallest absolute Gasteiger partial charge is 0.410 e. The Balaban J connectivity index is 1.51. The molecule has 1 N–H and O–H groups in total. The monoisotopic (exact) mass is 498 g/mol. The van der Waals surface area contributed by atoms with Crippen LogP contribution in [0.5, 0.6) is 5.75 Å². The number of halogens is 1. The molecule has 176 valence electrons. The highest BCUT2D eigenvalue weighted by molar-refractivity contribution is 7.12. The topological polar surface area (TPSA) is 89.0 Å². The molecule has 0 spiro atoms. The lowest BCUT2D eigenvalue weighted by Crippen LogP contribution is -2.40. The number of aliphatic carboxylic acids is 1. The maximum Gasteiger partial charge on any atom is 0.410 e. The second-order valence-electron chi connectivity index (χ2n) is 8.39. The van der Waals surface area contributed by atoms with Crippen LogP contribution in [0.2, 0.25) is 5.02 Å². The predicted molar refractivity (Wildman–Crippen MR) is 128 cm³/mol. The minimum Gasteiger partial charge on any atom is -0.482 e. The Morgan fingerprint density at radius 3 is 2.71 bits per heavy atom. The SMILES string of the molecule is O=C(O)COc1ccc(Cl)cc1C1c2sc(C3CC3)nc2CCN1C(=O)OCc1ccccc1. The summed E-state index contributed by atoms with van der Waals surface area (Å²) in [6.07, 6.45) is 2.43. The van der Waals surface area contributed by atoms with Crippen LogP contribution in [-0.4, -0.2) is 40.2 Å². The Morgan fingerprint density at radius 1 is 1.18 bits per heavy atom. The largest absolute Gasteiger partial charge is 0.482 e. The van der Waals surface area contributed by atoms with Gasteiger partial charge in [0.2, 0.25) is 0 Å². The Labute approximate surface area is 205 Å². The maximum absolute atomic E-state index is 13.3. The fourth-order valence-electron chi connectivity index (χ4n) is 4.09. The molecule has 1 aromatic heterocycles. The number of aromatic nitrogens is 1. The summed E-state index contributed by atoms with van der Waals surface area (Å²) >= 11 is 7.95. The van der Waals surface area contributed by atoms with Crippen LogP contribution in [0.4, 0.5) is 4.79 Å². The number of carbonyl (C=O) groups is 2. The van der Waals surface area contributed by atoms with Gasteiger partial charge in [-0.15, -0.1) is 11.3 Å². The molecule has 9 heteroatoms. The summed E-state index contributed by atoms with van der Waals surface area (Å²) in [7, 11) is 0. The third-order valence-corrected chi connectivity index (χ3v) is 7.43. The van der Waals surface area contributed by atoms with E-state index in [1.807, 2.05) is 30.3 Å². The van der Waals surface area contributed by atoms with Crippen LogP contribution in [0.15, 0.2) is 48.5 Å². The van der Waals surface area contributed by atoms with E-state index in [0.717, 1.165) is 34.0 Å². The predicted octanol–water partition coefficient (Wildman–Crippen LogP) is 5.42. The number of thiazole rings is 1. The van der Waals surface area contributed by atoms with Gasteiger partial charge in [0, 0.05) is 29.5 Å². The number of rotatable bonds is 7. The molecule has 1 atom stereocenters. The maximum atomic E-state index is 13.3. The lowest BCUT2D eigenvalue weighted by atomic mass is 9.97. The number of carbonyl (C=O) groups excluding carboxylic acids is 1. The van der Waals surface area contributed by atoms with Gasteiger partial charge < -0.3 is 14.6 Å². The lowest BCUT2D eigenvalue weighted by Gasteiger charge is -2.35. The van der Waals surface area contributed by atoms with Gasteiger partial charge in [-0.1, -0.05) is 41.9 Å². The average molecular weight is 499 g/mol. The summed E-state index contributed by atoms with van der Waals surface area (Å²) in [5, 5.41) is 10.7. The fourth-order valence-corrected chi connectivity index (χ4v) is 5.68. The molecule has 1 saturated carbocycles. The molecule has 1 fully saturated rings. The van der Waals surface area contributed by atoms with Crippen molar-refractivity contribution in [1.29, 1.82) is 0 Å². The first kappa shape index (κ1) is 22.7. The van der Waals surface area contributed by atoms with E-state index in [4.69, 9.17) is 31.2 Å². The summed E-state index contributed by atoms with van der Waals surface area (Å²) in [5.41, 5.74) is 2.48. The van der Waals surface area contributed by atoms with E-state index >= 15 is 0 Å². The number of benzene rings is 2. The van der Waals surface area contributed by atoms with Crippen LogP contribution in [0.1, 0.15) is 51.5 Å². The number of carboxylic acid groups (broad SMARTS) is 1. The van der Waals surface area contributed by atoms with Gasteiger partial charge in [0.1, 0.15) is 18.4 Å². The third kappa shape index (κ3) is 4.88. The molecule has 1 unspecified atom stereocenters. The van der Waals surface area contributed by atoms with Crippen LogP contribution < -0.4 is 4.74 Å². The Morgan fingerprint density at radius 2 is 1.97 bits per heavy atom. The minimum absolute atomic E-state index is 0.156. The molecule has 0 radical (unpaired) electrons. The van der Waals surface area contributed by atoms with Crippen LogP contribution in [-0.2, 0) is 22.6 Å². The summed E-state index contributed by atoms with van der Waals surface area (Å²) in [6.45, 7) is 0.0797. The number of fused-ring (bicyclic) bond motifs is 1. The van der Waals surface area contributed by atoms with Crippen molar-refractivity contribution in [3.8, 4) is 5.75 Å². The zero-order chi connectivity index (χ0) is 23.7. The Kier molecular flexibility index (Phi) is 6.43. The van der Waals surface area contributed by atoms with Crippen molar-refractivity contribution in [2.45, 2.75) is 37.8 Å². The molecule has 34 heavy (non-hydrogen) atoms. The Bertz CT molecular complexity index is 1210. The highest BCUT2D eigenvalue weighted by Crippen LogP contribution is 2.48. The van der Waals surface area contributed by atoms with E-state index in [1.54, 1.807) is 34.4 Å². The number of hydrogen-bond acceptors (Lipinski definition) is 6. The van der Waals surface area contributed by atoms with E-state index in [1.165, 1.54) is 0 Å². The summed E-state index contributed by atoms with van der Waals surface area (Å²) < 4.78 is 11.3. The molecule has 7 nitrogen and oxygen atoms in total. The number of hydrogen-bond donors (Lipinski definition) is 1. The number of carboxylic acids is 1. The van der Waals surface area contributed by atoms with Gasteiger partial charge in [-0.2, -0.15) is 0 Å². The molecule has 2 aromatic carbocycles. The highest BCUT2D eigenvalue weighted by atomic mass is 35.5. The molecule has 0 saturated heterocycles. The van der Waals surface area contributed by atoms with Gasteiger partial charge in [0.25, 0.3) is 0 Å². The van der Waals surface area contributed by atoms with Crippen molar-refractivity contribution in [2.24, 2.45) is 0 Å². The summed E-state index contributed by atoms with van der Waals surface area (Å²) in [4.78, 5) is 32.0. The standard InChI is InChI=1S/C25H23ClN2O5S/c26-17-8-9-20(32-14-21(29)30)18(12-17)22-23-19(27-24(34-23)16-6-7-16)10-11-28(22)25(31)33-13-15-4-2-1-3-5-15/h1-5,8-9,12,16,22H,6-7,10-11,13-14H2,(H,29,30). The summed E-state index contributed by atoms with van der Waals surface area (Å²) in [6, 6.07) is 14.0. The molecule has 1 aliphatic heterocycles. The zero-order valence-electron chi connectivity index (χ0n) is 18.3. The zero-order valence-corrected chi connectivity index (χ0v) is 19.8. The molecular weight excluding hydrogens is 476 g/mol. The lowest BCUT2D eigenvalue weighted by molar-refractivity contribution is -0.139. The number of ether oxygens (including phenoxy) is 2. The van der Waals surface area contributed by atoms with Crippen molar-refractivity contribution in [3.05, 3.63) is 80.3 Å². The second kappa shape index (κ2) is 9.64. The van der Waals surface area contributed by atoms with Gasteiger partial charge in [0.15, 0.2) is 6.61 Å². The van der Waals surface area contributed by atoms with Crippen molar-refractivity contribution in [1.82, 2.24) is 9.88 Å². The van der Waals surface area contributed by atoms with Crippen LogP contribution >= 0.6 is 22.9 Å². The van der Waals surface area contributed by atoms with Crippen molar-refractivity contribution in [3.63, 3.8) is 0 Å². The number of nitrogens with zero attached hydrogens (tertiary/aromatic N) is 2. The molecular formula is C25H23ClN2O5S. The molecule has 2 heterocycles. The molecule has 5 rings (SSSR count). The van der Waals surface area contributed by atoms with E-state index in [-0.39, 0.29) is 6.61 Å². The van der Waals surface area contributed by atoms with Crippen LogP contribution in [0, 0.1) is 0 Å². The third-order valence-electron chi connectivity index (χ3n) is 5.88. The molecule has 1 aliphatic carbocycles. The fraction of sp³-hybridized carbons (Fsp3) is 0.320. The molecule has 3 aromatic rings. The molecule has 0 bridgehead atoms. The van der Waals surface area contributed by atoms with E-state index in [9.17, 15) is 9.59 Å². The average Bonchev–Trinajstić information content (AvgIpc) is 3.60. The Hall–Kier alpha value is -3.10. The van der Waals surface area contributed by atoms with E-state index in [0.29, 0.717) is 35.2 Å².